The second-order valence-electron chi connectivity index (χ2n) is 5.00. The molecular formula is C15H22F3NO2. The van der Waals surface area contributed by atoms with Gasteiger partial charge in [0.15, 0.2) is 0 Å². The molecule has 3 nitrogen and oxygen atoms in total. The van der Waals surface area contributed by atoms with Crippen molar-refractivity contribution in [3.63, 3.8) is 0 Å². The van der Waals surface area contributed by atoms with Crippen molar-refractivity contribution in [2.75, 3.05) is 19.8 Å². The minimum Gasteiger partial charge on any atom is -0.491 e. The molecule has 1 unspecified atom stereocenters. The summed E-state index contributed by atoms with van der Waals surface area (Å²) >= 11 is 0. The Kier molecular flexibility index (Phi) is 6.98. The highest BCUT2D eigenvalue weighted by Gasteiger charge is 2.27. The number of rotatable bonds is 8. The third-order valence-electron chi connectivity index (χ3n) is 2.97. The average Bonchev–Trinajstić information content (AvgIpc) is 2.39. The van der Waals surface area contributed by atoms with Crippen LogP contribution in [0.15, 0.2) is 18.2 Å². The van der Waals surface area contributed by atoms with Crippen LogP contribution in [0.2, 0.25) is 0 Å². The van der Waals surface area contributed by atoms with Crippen LogP contribution in [0.3, 0.4) is 0 Å². The molecule has 0 saturated heterocycles. The van der Waals surface area contributed by atoms with E-state index in [9.17, 15) is 13.2 Å². The lowest BCUT2D eigenvalue weighted by molar-refractivity contribution is -0.175. The number of ether oxygens (including phenoxy) is 2. The second kappa shape index (κ2) is 8.24. The van der Waals surface area contributed by atoms with Crippen molar-refractivity contribution in [1.29, 1.82) is 0 Å². The van der Waals surface area contributed by atoms with Crippen LogP contribution in [0.1, 0.15) is 24.5 Å². The van der Waals surface area contributed by atoms with E-state index < -0.39 is 12.8 Å². The molecule has 0 amide bonds. The Bertz CT molecular complexity index is 435. The van der Waals surface area contributed by atoms with Gasteiger partial charge in [-0.15, -0.1) is 0 Å². The summed E-state index contributed by atoms with van der Waals surface area (Å²) in [6.45, 7) is 2.70. The van der Waals surface area contributed by atoms with Crippen LogP contribution in [-0.4, -0.2) is 32.0 Å². The van der Waals surface area contributed by atoms with E-state index in [4.69, 9.17) is 10.5 Å². The minimum absolute atomic E-state index is 0.0376. The summed E-state index contributed by atoms with van der Waals surface area (Å²) in [5.74, 6) is 0.653. The first-order valence-electron chi connectivity index (χ1n) is 6.94. The van der Waals surface area contributed by atoms with Crippen LogP contribution in [0, 0.1) is 6.92 Å². The van der Waals surface area contributed by atoms with Crippen LogP contribution in [0.4, 0.5) is 13.2 Å². The van der Waals surface area contributed by atoms with Crippen LogP contribution in [0.25, 0.3) is 0 Å². The molecule has 0 aliphatic carbocycles. The quantitative estimate of drug-likeness (QED) is 0.750. The van der Waals surface area contributed by atoms with Crippen molar-refractivity contribution in [2.24, 2.45) is 5.73 Å². The maximum absolute atomic E-state index is 11.9. The van der Waals surface area contributed by atoms with Gasteiger partial charge in [0.2, 0.25) is 0 Å². The summed E-state index contributed by atoms with van der Waals surface area (Å²) in [6.07, 6.45) is -2.78. The molecule has 120 valence electrons. The Labute approximate surface area is 123 Å². The maximum atomic E-state index is 11.9. The zero-order valence-corrected chi connectivity index (χ0v) is 12.4. The van der Waals surface area contributed by atoms with Crippen LogP contribution < -0.4 is 10.5 Å². The molecular weight excluding hydrogens is 283 g/mol. The lowest BCUT2D eigenvalue weighted by Crippen LogP contribution is -2.22. The van der Waals surface area contributed by atoms with E-state index in [0.29, 0.717) is 12.2 Å². The molecule has 6 heteroatoms. The molecule has 0 fully saturated rings. The number of hydrogen-bond acceptors (Lipinski definition) is 3. The van der Waals surface area contributed by atoms with Crippen molar-refractivity contribution in [1.82, 2.24) is 0 Å². The molecule has 0 heterocycles. The molecule has 0 aromatic heterocycles. The summed E-state index contributed by atoms with van der Waals surface area (Å²) in [7, 11) is 0. The van der Waals surface area contributed by atoms with E-state index in [1.54, 1.807) is 0 Å². The van der Waals surface area contributed by atoms with Gasteiger partial charge in [-0.25, -0.2) is 0 Å². The number of hydrogen-bond donors (Lipinski definition) is 1. The summed E-state index contributed by atoms with van der Waals surface area (Å²) < 4.78 is 45.8. The first kappa shape index (κ1) is 17.8. The standard InChI is InChI=1S/C15H22F3NO2/c1-3-13(19)9-12-8-11(2)4-5-14(12)21-7-6-20-10-15(16,17)18/h4-5,8,13H,3,6-7,9-10,19H2,1-2H3. The lowest BCUT2D eigenvalue weighted by Gasteiger charge is -2.15. The monoisotopic (exact) mass is 305 g/mol. The van der Waals surface area contributed by atoms with Crippen molar-refractivity contribution in [3.05, 3.63) is 29.3 Å². The molecule has 0 radical (unpaired) electrons. The molecule has 1 rings (SSSR count). The van der Waals surface area contributed by atoms with Gasteiger partial charge in [-0.05, 0) is 31.4 Å². The lowest BCUT2D eigenvalue weighted by atomic mass is 10.0. The summed E-state index contributed by atoms with van der Waals surface area (Å²) in [4.78, 5) is 0. The highest BCUT2D eigenvalue weighted by molar-refractivity contribution is 5.37. The fourth-order valence-electron chi connectivity index (χ4n) is 1.83. The Hall–Kier alpha value is -1.27. The van der Waals surface area contributed by atoms with Crippen molar-refractivity contribution in [3.8, 4) is 5.75 Å². The molecule has 0 saturated carbocycles. The predicted molar refractivity (Wildman–Crippen MR) is 75.5 cm³/mol. The Balaban J connectivity index is 2.50. The van der Waals surface area contributed by atoms with Crippen molar-refractivity contribution < 1.29 is 22.6 Å². The zero-order chi connectivity index (χ0) is 15.9. The Morgan fingerprint density at radius 2 is 1.95 bits per heavy atom. The van der Waals surface area contributed by atoms with E-state index in [1.807, 2.05) is 32.0 Å². The number of nitrogens with two attached hydrogens (primary N) is 1. The van der Waals surface area contributed by atoms with Gasteiger partial charge in [0.05, 0.1) is 6.61 Å². The SMILES string of the molecule is CCC(N)Cc1cc(C)ccc1OCCOCC(F)(F)F. The molecule has 1 atom stereocenters. The Morgan fingerprint density at radius 1 is 1.24 bits per heavy atom. The van der Waals surface area contributed by atoms with Crippen LogP contribution in [0.5, 0.6) is 5.75 Å². The average molecular weight is 305 g/mol. The topological polar surface area (TPSA) is 44.5 Å². The molecule has 1 aromatic carbocycles. The van der Waals surface area contributed by atoms with E-state index >= 15 is 0 Å². The highest BCUT2D eigenvalue weighted by atomic mass is 19.4. The van der Waals surface area contributed by atoms with Gasteiger partial charge in [-0.1, -0.05) is 24.6 Å². The molecule has 1 aromatic rings. The van der Waals surface area contributed by atoms with Gasteiger partial charge in [-0.3, -0.25) is 0 Å². The van der Waals surface area contributed by atoms with E-state index in [2.05, 4.69) is 4.74 Å². The molecule has 0 aliphatic heterocycles. The zero-order valence-electron chi connectivity index (χ0n) is 12.4. The fraction of sp³-hybridized carbons (Fsp3) is 0.600. The number of aryl methyl sites for hydroxylation is 1. The predicted octanol–water partition coefficient (Wildman–Crippen LogP) is 3.23. The summed E-state index contributed by atoms with van der Waals surface area (Å²) in [5.41, 5.74) is 8.01. The maximum Gasteiger partial charge on any atom is 0.411 e. The highest BCUT2D eigenvalue weighted by Crippen LogP contribution is 2.22. The normalized spacial score (nSPS) is 13.2. The number of benzene rings is 1. The van der Waals surface area contributed by atoms with Gasteiger partial charge in [-0.2, -0.15) is 13.2 Å². The van der Waals surface area contributed by atoms with Gasteiger partial charge >= 0.3 is 6.18 Å². The van der Waals surface area contributed by atoms with Gasteiger partial charge in [0.1, 0.15) is 19.0 Å². The summed E-state index contributed by atoms with van der Waals surface area (Å²) in [5, 5.41) is 0. The van der Waals surface area contributed by atoms with Crippen LogP contribution >= 0.6 is 0 Å². The first-order chi connectivity index (χ1) is 9.81. The van der Waals surface area contributed by atoms with E-state index in [-0.39, 0.29) is 19.3 Å². The smallest absolute Gasteiger partial charge is 0.411 e. The van der Waals surface area contributed by atoms with Gasteiger partial charge < -0.3 is 15.2 Å². The third kappa shape index (κ3) is 7.34. The van der Waals surface area contributed by atoms with Gasteiger partial charge in [0.25, 0.3) is 0 Å². The largest absolute Gasteiger partial charge is 0.491 e. The molecule has 2 N–H and O–H groups in total. The minimum atomic E-state index is -4.30. The molecule has 0 aliphatic rings. The molecule has 0 spiro atoms. The van der Waals surface area contributed by atoms with Crippen molar-refractivity contribution >= 4 is 0 Å². The third-order valence-corrected chi connectivity index (χ3v) is 2.97. The van der Waals surface area contributed by atoms with Gasteiger partial charge in [0, 0.05) is 6.04 Å². The number of halogens is 3. The second-order valence-corrected chi connectivity index (χ2v) is 5.00. The molecule has 21 heavy (non-hydrogen) atoms. The van der Waals surface area contributed by atoms with Crippen LogP contribution in [-0.2, 0) is 11.2 Å². The summed E-state index contributed by atoms with van der Waals surface area (Å²) in [6, 6.07) is 5.74. The number of alkyl halides is 3. The fourth-order valence-corrected chi connectivity index (χ4v) is 1.83. The van der Waals surface area contributed by atoms with Crippen molar-refractivity contribution in [2.45, 2.75) is 38.9 Å². The Morgan fingerprint density at radius 3 is 2.57 bits per heavy atom. The van der Waals surface area contributed by atoms with E-state index in [0.717, 1.165) is 17.5 Å². The molecule has 0 bridgehead atoms. The first-order valence-corrected chi connectivity index (χ1v) is 6.94. The van der Waals surface area contributed by atoms with E-state index in [1.165, 1.54) is 0 Å².